The summed E-state index contributed by atoms with van der Waals surface area (Å²) in [6, 6.07) is 10.3. The fourth-order valence-corrected chi connectivity index (χ4v) is 7.53. The van der Waals surface area contributed by atoms with Crippen LogP contribution in [-0.2, 0) is 34.7 Å². The molecule has 0 spiro atoms. The zero-order chi connectivity index (χ0) is 31.2. The highest BCUT2D eigenvalue weighted by molar-refractivity contribution is 9.10. The summed E-state index contributed by atoms with van der Waals surface area (Å²) in [4.78, 5) is 28.3. The third kappa shape index (κ3) is 6.34. The van der Waals surface area contributed by atoms with E-state index in [-0.39, 0.29) is 30.4 Å². The number of benzene rings is 2. The van der Waals surface area contributed by atoms with Crippen LogP contribution in [0.1, 0.15) is 24.8 Å². The van der Waals surface area contributed by atoms with E-state index in [0.717, 1.165) is 27.6 Å². The Bertz CT molecular complexity index is 1570. The highest BCUT2D eigenvalue weighted by Crippen LogP contribution is 2.40. The van der Waals surface area contributed by atoms with Crippen molar-refractivity contribution >= 4 is 49.2 Å². The first-order chi connectivity index (χ1) is 20.2. The summed E-state index contributed by atoms with van der Waals surface area (Å²) in [6.45, 7) is -1.93. The molecule has 2 amide bonds. The monoisotopic (exact) mass is 705 g/mol. The molecule has 2 saturated heterocycles. The highest BCUT2D eigenvalue weighted by Gasteiger charge is 2.56. The maximum Gasteiger partial charge on any atom is 0.422 e. The van der Waals surface area contributed by atoms with Gasteiger partial charge in [0, 0.05) is 22.6 Å². The molecular weight excluding hydrogens is 683 g/mol. The number of hydrogen-bond acceptors (Lipinski definition) is 8. The van der Waals surface area contributed by atoms with E-state index in [1.54, 1.807) is 24.3 Å². The van der Waals surface area contributed by atoms with Crippen molar-refractivity contribution in [3.63, 3.8) is 0 Å². The average Bonchev–Trinajstić information content (AvgIpc) is 3.34. The lowest BCUT2D eigenvalue weighted by Gasteiger charge is -2.33. The van der Waals surface area contributed by atoms with Gasteiger partial charge >= 0.3 is 6.18 Å². The van der Waals surface area contributed by atoms with Crippen molar-refractivity contribution in [2.45, 2.75) is 53.0 Å². The number of amides is 2. The first-order valence-electron chi connectivity index (χ1n) is 13.0. The van der Waals surface area contributed by atoms with Gasteiger partial charge in [-0.25, -0.2) is 8.42 Å². The first-order valence-corrected chi connectivity index (χ1v) is 15.7. The number of ether oxygens (including phenoxy) is 3. The molecular formula is C27H24BrClF3N3O7S. The smallest absolute Gasteiger partial charge is 0.422 e. The van der Waals surface area contributed by atoms with Crippen LogP contribution in [0, 0.1) is 11.3 Å². The van der Waals surface area contributed by atoms with Gasteiger partial charge in [-0.15, -0.1) is 0 Å². The number of likely N-dealkylation sites (tertiary alicyclic amines) is 1. The quantitative estimate of drug-likeness (QED) is 0.438. The van der Waals surface area contributed by atoms with Gasteiger partial charge in [-0.3, -0.25) is 9.59 Å². The maximum absolute atomic E-state index is 14.2. The molecule has 0 aromatic heterocycles. The van der Waals surface area contributed by atoms with Crippen molar-refractivity contribution in [3.05, 3.63) is 57.5 Å². The van der Waals surface area contributed by atoms with E-state index in [0.29, 0.717) is 18.4 Å². The van der Waals surface area contributed by atoms with E-state index in [9.17, 15) is 36.4 Å². The van der Waals surface area contributed by atoms with Gasteiger partial charge in [0.1, 0.15) is 17.3 Å². The van der Waals surface area contributed by atoms with Crippen LogP contribution in [-0.4, -0.2) is 74.5 Å². The molecule has 10 nitrogen and oxygen atoms in total. The van der Waals surface area contributed by atoms with Crippen molar-refractivity contribution in [2.24, 2.45) is 0 Å². The second-order valence-corrected chi connectivity index (χ2v) is 13.9. The maximum atomic E-state index is 14.2. The van der Waals surface area contributed by atoms with Gasteiger partial charge in [0.15, 0.2) is 16.4 Å². The predicted octanol–water partition coefficient (Wildman–Crippen LogP) is 3.86. The Morgan fingerprint density at radius 1 is 1.16 bits per heavy atom. The number of hydrogen-bond donors (Lipinski definition) is 1. The molecule has 0 unspecified atom stereocenters. The van der Waals surface area contributed by atoms with E-state index in [2.05, 4.69) is 26.0 Å². The van der Waals surface area contributed by atoms with E-state index < -0.39 is 68.5 Å². The summed E-state index contributed by atoms with van der Waals surface area (Å²) < 4.78 is 82.2. The lowest BCUT2D eigenvalue weighted by atomic mass is 10.0. The van der Waals surface area contributed by atoms with Crippen LogP contribution < -0.4 is 10.1 Å². The summed E-state index contributed by atoms with van der Waals surface area (Å²) in [6.07, 6.45) is -4.14. The highest BCUT2D eigenvalue weighted by atomic mass is 79.9. The third-order valence-corrected chi connectivity index (χ3v) is 10.5. The molecule has 2 heterocycles. The van der Waals surface area contributed by atoms with Crippen molar-refractivity contribution < 1.29 is 45.4 Å². The Morgan fingerprint density at radius 2 is 1.81 bits per heavy atom. The molecule has 2 atom stereocenters. The van der Waals surface area contributed by atoms with Gasteiger partial charge in [-0.05, 0) is 43.5 Å². The lowest BCUT2D eigenvalue weighted by molar-refractivity contribution is -0.199. The summed E-state index contributed by atoms with van der Waals surface area (Å²) in [7, 11) is -4.35. The number of carbonyl (C=O) groups excluding carboxylic acids is 2. The minimum absolute atomic E-state index is 0.0597. The second kappa shape index (κ2) is 11.6. The Balaban J connectivity index is 1.47. The second-order valence-electron chi connectivity index (χ2n) is 10.4. The lowest BCUT2D eigenvalue weighted by Crippen LogP contribution is -2.55. The van der Waals surface area contributed by atoms with Crippen LogP contribution in [0.3, 0.4) is 0 Å². The molecule has 16 heteroatoms. The molecule has 43 heavy (non-hydrogen) atoms. The normalized spacial score (nSPS) is 22.6. The van der Waals surface area contributed by atoms with E-state index in [1.165, 1.54) is 0 Å². The van der Waals surface area contributed by atoms with Gasteiger partial charge in [-0.2, -0.15) is 18.4 Å². The van der Waals surface area contributed by atoms with Crippen LogP contribution in [0.5, 0.6) is 5.75 Å². The Kier molecular flexibility index (Phi) is 8.47. The number of halogens is 5. The molecule has 1 saturated carbocycles. The molecule has 5 rings (SSSR count). The fraction of sp³-hybridized carbons (Fsp3) is 0.444. The number of rotatable bonds is 8. The molecule has 3 fully saturated rings. The topological polar surface area (TPSA) is 135 Å². The molecule has 2 aromatic rings. The van der Waals surface area contributed by atoms with Gasteiger partial charge in [-0.1, -0.05) is 39.7 Å². The predicted molar refractivity (Wildman–Crippen MR) is 148 cm³/mol. The average molecular weight is 707 g/mol. The molecule has 1 N–H and O–H groups in total. The van der Waals surface area contributed by atoms with Crippen molar-refractivity contribution in [3.8, 4) is 11.8 Å². The van der Waals surface area contributed by atoms with E-state index in [1.807, 2.05) is 6.07 Å². The number of nitrogens with one attached hydrogen (secondary N) is 1. The SMILES string of the molecule is N#CC1(NC(=O)[C@@H]2C[C@@H](S(=O)(=O)c3ccc(OCC(F)(F)F)cc3Cl)CN2C(=O)C2(c3ccc(Br)cc3)OCCO2)CC1. The molecule has 230 valence electrons. The van der Waals surface area contributed by atoms with Crippen LogP contribution >= 0.6 is 27.5 Å². The first kappa shape index (κ1) is 31.5. The molecule has 1 aliphatic carbocycles. The molecule has 3 aliphatic rings. The van der Waals surface area contributed by atoms with Crippen molar-refractivity contribution in [1.82, 2.24) is 10.2 Å². The summed E-state index contributed by atoms with van der Waals surface area (Å²) in [5.74, 6) is -3.75. The largest absolute Gasteiger partial charge is 0.484 e. The third-order valence-electron chi connectivity index (χ3n) is 7.40. The molecule has 0 bridgehead atoms. The van der Waals surface area contributed by atoms with E-state index >= 15 is 0 Å². The van der Waals surface area contributed by atoms with E-state index in [4.69, 9.17) is 21.1 Å². The zero-order valence-corrected chi connectivity index (χ0v) is 25.4. The zero-order valence-electron chi connectivity index (χ0n) is 22.2. The fourth-order valence-electron chi connectivity index (χ4n) is 5.04. The summed E-state index contributed by atoms with van der Waals surface area (Å²) >= 11 is 9.52. The van der Waals surface area contributed by atoms with Crippen LogP contribution in [0.25, 0.3) is 0 Å². The number of sulfone groups is 1. The van der Waals surface area contributed by atoms with Crippen LogP contribution in [0.2, 0.25) is 5.02 Å². The van der Waals surface area contributed by atoms with Crippen LogP contribution in [0.15, 0.2) is 51.8 Å². The van der Waals surface area contributed by atoms with Crippen molar-refractivity contribution in [1.29, 1.82) is 5.26 Å². The summed E-state index contributed by atoms with van der Waals surface area (Å²) in [5.41, 5.74) is -0.765. The van der Waals surface area contributed by atoms with Gasteiger partial charge in [0.2, 0.25) is 5.91 Å². The van der Waals surface area contributed by atoms with Crippen molar-refractivity contribution in [2.75, 3.05) is 26.4 Å². The molecule has 2 aliphatic heterocycles. The Morgan fingerprint density at radius 3 is 2.37 bits per heavy atom. The Hall–Kier alpha value is -2.90. The Labute approximate surface area is 258 Å². The minimum atomic E-state index is -4.61. The number of carbonyl (C=O) groups is 2. The number of alkyl halides is 3. The molecule has 2 aromatic carbocycles. The van der Waals surface area contributed by atoms with Gasteiger partial charge in [0.05, 0.1) is 34.5 Å². The number of nitrogens with zero attached hydrogens (tertiary/aromatic N) is 2. The number of nitriles is 1. The molecule has 0 radical (unpaired) electrons. The summed E-state index contributed by atoms with van der Waals surface area (Å²) in [5, 5.41) is 10.4. The van der Waals surface area contributed by atoms with Crippen LogP contribution in [0.4, 0.5) is 13.2 Å². The van der Waals surface area contributed by atoms with Gasteiger partial charge in [0.25, 0.3) is 11.7 Å². The minimum Gasteiger partial charge on any atom is -0.484 e. The standard InChI is InChI=1S/C27H24BrClF3N3O7S/c28-17-3-1-16(2-4-17)27(41-9-10-42-27)24(37)35-13-19(12-21(35)23(36)34-25(14-33)7-8-25)43(38,39)22-6-5-18(11-20(22)29)40-15-26(30,31)32/h1-6,11,19,21H,7-10,12-13,15H2,(H,34,36)/t19-,21+/m1/s1. The van der Waals surface area contributed by atoms with Gasteiger partial charge < -0.3 is 24.4 Å².